The number of imidazole rings is 1. The number of hydrogen-bond acceptors (Lipinski definition) is 7. The van der Waals surface area contributed by atoms with E-state index in [1.165, 1.54) is 0 Å². The van der Waals surface area contributed by atoms with Crippen molar-refractivity contribution in [3.05, 3.63) is 39.8 Å². The molecule has 2 saturated heterocycles. The highest BCUT2D eigenvalue weighted by Crippen LogP contribution is 2.34. The molecule has 0 amide bonds. The predicted octanol–water partition coefficient (Wildman–Crippen LogP) is 4.73. The highest BCUT2D eigenvalue weighted by atomic mass is 79.9. The molecule has 4 heterocycles. The average Bonchev–Trinajstić information content (AvgIpc) is 3.47. The van der Waals surface area contributed by atoms with Gasteiger partial charge in [-0.1, -0.05) is 59.3 Å². The molecule has 2 fully saturated rings. The van der Waals surface area contributed by atoms with E-state index in [1.807, 2.05) is 34.9 Å². The van der Waals surface area contributed by atoms with Crippen molar-refractivity contribution in [1.29, 1.82) is 0 Å². The molecule has 1 N–H and O–H groups in total. The van der Waals surface area contributed by atoms with Crippen LogP contribution in [0.15, 0.2) is 34.8 Å². The van der Waals surface area contributed by atoms with E-state index in [1.54, 1.807) is 0 Å². The number of benzene rings is 1. The first-order chi connectivity index (χ1) is 16.7. The van der Waals surface area contributed by atoms with Crippen molar-refractivity contribution in [2.24, 2.45) is 0 Å². The van der Waals surface area contributed by atoms with E-state index in [2.05, 4.69) is 35.6 Å². The van der Waals surface area contributed by atoms with Gasteiger partial charge in [0, 0.05) is 24.7 Å². The summed E-state index contributed by atoms with van der Waals surface area (Å²) >= 11 is 10.1. The molecule has 0 bridgehead atoms. The minimum Gasteiger partial charge on any atom is -0.456 e. The van der Waals surface area contributed by atoms with Crippen LogP contribution in [0.25, 0.3) is 22.4 Å². The van der Waals surface area contributed by atoms with Gasteiger partial charge in [-0.2, -0.15) is 4.98 Å². The van der Waals surface area contributed by atoms with Crippen molar-refractivity contribution in [3.63, 3.8) is 0 Å². The third-order valence-corrected chi connectivity index (χ3v) is 8.75. The van der Waals surface area contributed by atoms with Gasteiger partial charge in [0.15, 0.2) is 11.8 Å². The maximum Gasteiger partial charge on any atom is 0.301 e. The van der Waals surface area contributed by atoms with Crippen molar-refractivity contribution in [1.82, 2.24) is 14.5 Å². The van der Waals surface area contributed by atoms with Gasteiger partial charge in [0.2, 0.25) is 0 Å². The summed E-state index contributed by atoms with van der Waals surface area (Å²) in [6.07, 6.45) is -1.77. The Labute approximate surface area is 218 Å². The Hall–Kier alpha value is -1.53. The first-order valence-corrected chi connectivity index (χ1v) is 16.6. The second-order valence-corrected chi connectivity index (χ2v) is 17.1. The van der Waals surface area contributed by atoms with Crippen LogP contribution < -0.4 is 4.74 Å². The third kappa shape index (κ3) is 5.43. The summed E-state index contributed by atoms with van der Waals surface area (Å²) < 4.78 is 26.6. The van der Waals surface area contributed by atoms with Gasteiger partial charge in [-0.25, -0.2) is 4.98 Å². The lowest BCUT2D eigenvalue weighted by Gasteiger charge is -2.19. The molecule has 1 aromatic carbocycles. The molecular formula is C24H29BrClN3O5Si. The molecular weight excluding hydrogens is 554 g/mol. The molecule has 3 aromatic rings. The van der Waals surface area contributed by atoms with Crippen LogP contribution in [0.4, 0.5) is 0 Å². The van der Waals surface area contributed by atoms with Crippen LogP contribution in [0.2, 0.25) is 30.7 Å². The average molecular weight is 583 g/mol. The number of aromatic nitrogens is 3. The van der Waals surface area contributed by atoms with Gasteiger partial charge in [-0.05, 0) is 24.2 Å². The molecule has 2 aromatic heterocycles. The number of ether oxygens (including phenoxy) is 4. The SMILES string of the molecule is C[Si](C)(C)CCOCn1c(O[C@@H]2COC3C2OC[C@H]3O)nc2nc(-c3ccc(Br)cc3)c(Cl)cc21. The summed E-state index contributed by atoms with van der Waals surface area (Å²) in [5, 5.41) is 10.6. The van der Waals surface area contributed by atoms with E-state index in [9.17, 15) is 5.11 Å². The van der Waals surface area contributed by atoms with E-state index >= 15 is 0 Å². The molecule has 0 radical (unpaired) electrons. The summed E-state index contributed by atoms with van der Waals surface area (Å²) in [5.74, 6) is 0. The Balaban J connectivity index is 1.46. The van der Waals surface area contributed by atoms with Crippen LogP contribution in [-0.2, 0) is 20.9 Å². The molecule has 188 valence electrons. The van der Waals surface area contributed by atoms with Gasteiger partial charge in [-0.3, -0.25) is 4.57 Å². The van der Waals surface area contributed by atoms with Gasteiger partial charge in [0.25, 0.3) is 0 Å². The number of aliphatic hydroxyl groups is 1. The fourth-order valence-electron chi connectivity index (χ4n) is 4.24. The first kappa shape index (κ1) is 25.1. The normalized spacial score (nSPS) is 24.3. The molecule has 8 nitrogen and oxygen atoms in total. The molecule has 35 heavy (non-hydrogen) atoms. The van der Waals surface area contributed by atoms with Gasteiger partial charge in [0.05, 0.1) is 29.4 Å². The van der Waals surface area contributed by atoms with E-state index in [4.69, 9.17) is 40.5 Å². The Kier molecular flexibility index (Phi) is 7.24. The number of nitrogens with zero attached hydrogens (tertiary/aromatic N) is 3. The van der Waals surface area contributed by atoms with E-state index in [0.717, 1.165) is 21.6 Å². The Morgan fingerprint density at radius 3 is 2.63 bits per heavy atom. The highest BCUT2D eigenvalue weighted by molar-refractivity contribution is 9.10. The number of aliphatic hydroxyl groups excluding tert-OH is 1. The van der Waals surface area contributed by atoms with Crippen LogP contribution in [-0.4, -0.2) is 72.0 Å². The van der Waals surface area contributed by atoms with Gasteiger partial charge < -0.3 is 24.1 Å². The second-order valence-electron chi connectivity index (χ2n) is 10.2. The summed E-state index contributed by atoms with van der Waals surface area (Å²) in [6.45, 7) is 8.41. The second kappa shape index (κ2) is 10.1. The van der Waals surface area contributed by atoms with Crippen molar-refractivity contribution in [3.8, 4) is 17.3 Å². The van der Waals surface area contributed by atoms with Crippen molar-refractivity contribution in [2.45, 2.75) is 56.8 Å². The fraction of sp³-hybridized carbons (Fsp3) is 0.500. The summed E-state index contributed by atoms with van der Waals surface area (Å²) in [6, 6.07) is 11.1. The molecule has 0 saturated carbocycles. The Bertz CT molecular complexity index is 1200. The standard InChI is InChI=1S/C24H29BrClN3O5Si/c1-35(2,3)9-8-31-13-29-17-10-16(26)20(14-4-6-15(25)7-5-14)27-23(17)28-24(29)34-19-12-33-21-18(30)11-32-22(19)21/h4-7,10,18-19,21-22,30H,8-9,11-13H2,1-3H3/t18-,19-,21?,22?/m1/s1. The zero-order valence-electron chi connectivity index (χ0n) is 19.9. The van der Waals surface area contributed by atoms with E-state index < -0.39 is 20.3 Å². The Morgan fingerprint density at radius 1 is 1.14 bits per heavy atom. The van der Waals surface area contributed by atoms with Crippen molar-refractivity contribution >= 4 is 46.8 Å². The molecule has 2 unspecified atom stereocenters. The van der Waals surface area contributed by atoms with Crippen LogP contribution in [0.3, 0.4) is 0 Å². The Morgan fingerprint density at radius 2 is 1.89 bits per heavy atom. The number of halogens is 2. The van der Waals surface area contributed by atoms with Crippen LogP contribution in [0.5, 0.6) is 6.01 Å². The lowest BCUT2D eigenvalue weighted by atomic mass is 10.1. The zero-order chi connectivity index (χ0) is 24.7. The summed E-state index contributed by atoms with van der Waals surface area (Å²) in [5.41, 5.74) is 2.78. The monoisotopic (exact) mass is 581 g/mol. The molecule has 5 rings (SSSR count). The van der Waals surface area contributed by atoms with Crippen LogP contribution in [0, 0.1) is 0 Å². The number of rotatable bonds is 8. The minimum absolute atomic E-state index is 0.235. The number of fused-ring (bicyclic) bond motifs is 2. The maximum absolute atomic E-state index is 10.1. The largest absolute Gasteiger partial charge is 0.456 e. The molecule has 0 aliphatic carbocycles. The molecule has 4 atom stereocenters. The fourth-order valence-corrected chi connectivity index (χ4v) is 5.52. The summed E-state index contributed by atoms with van der Waals surface area (Å²) in [4.78, 5) is 9.46. The maximum atomic E-state index is 10.1. The molecule has 11 heteroatoms. The minimum atomic E-state index is -1.23. The smallest absolute Gasteiger partial charge is 0.301 e. The van der Waals surface area contributed by atoms with Gasteiger partial charge >= 0.3 is 6.01 Å². The van der Waals surface area contributed by atoms with Crippen molar-refractivity contribution < 1.29 is 24.1 Å². The topological polar surface area (TPSA) is 87.9 Å². The quantitative estimate of drug-likeness (QED) is 0.303. The molecule has 0 spiro atoms. The third-order valence-electron chi connectivity index (χ3n) is 6.23. The zero-order valence-corrected chi connectivity index (χ0v) is 23.3. The van der Waals surface area contributed by atoms with Gasteiger partial charge in [0.1, 0.15) is 25.0 Å². The number of hydrogen-bond donors (Lipinski definition) is 1. The molecule has 2 aliphatic rings. The highest BCUT2D eigenvalue weighted by Gasteiger charge is 2.48. The summed E-state index contributed by atoms with van der Waals surface area (Å²) in [7, 11) is -1.23. The van der Waals surface area contributed by atoms with E-state index in [-0.39, 0.29) is 25.5 Å². The van der Waals surface area contributed by atoms with Crippen LogP contribution in [0.1, 0.15) is 0 Å². The molecule has 2 aliphatic heterocycles. The van der Waals surface area contributed by atoms with Crippen molar-refractivity contribution in [2.75, 3.05) is 19.8 Å². The van der Waals surface area contributed by atoms with Crippen LogP contribution >= 0.6 is 27.5 Å². The first-order valence-electron chi connectivity index (χ1n) is 11.7. The van der Waals surface area contributed by atoms with E-state index in [0.29, 0.717) is 35.6 Å². The predicted molar refractivity (Wildman–Crippen MR) is 140 cm³/mol. The number of pyridine rings is 1. The lowest BCUT2D eigenvalue weighted by Crippen LogP contribution is -2.35. The lowest BCUT2D eigenvalue weighted by molar-refractivity contribution is 0.00339. The van der Waals surface area contributed by atoms with Gasteiger partial charge in [-0.15, -0.1) is 0 Å².